The number of rotatable bonds is 3. The Morgan fingerprint density at radius 3 is 2.47 bits per heavy atom. The molecule has 0 atom stereocenters. The Balaban J connectivity index is 2.46. The van der Waals surface area contributed by atoms with E-state index in [-0.39, 0.29) is 26.3 Å². The van der Waals surface area contributed by atoms with Crippen LogP contribution >= 0.6 is 0 Å². The SMILES string of the molecule is O=S(=O)(c1ccc(F)c(CO)c1F)N1CCOCC1. The summed E-state index contributed by atoms with van der Waals surface area (Å²) < 4.78 is 57.7. The Labute approximate surface area is 109 Å². The van der Waals surface area contributed by atoms with Crippen LogP contribution in [0.3, 0.4) is 0 Å². The van der Waals surface area contributed by atoms with Gasteiger partial charge in [-0.3, -0.25) is 0 Å². The zero-order valence-electron chi connectivity index (χ0n) is 9.97. The molecule has 0 spiro atoms. The molecule has 1 aromatic carbocycles. The van der Waals surface area contributed by atoms with Crippen LogP contribution in [0.4, 0.5) is 8.78 Å². The molecular formula is C11H13F2NO4S. The number of nitrogens with zero attached hydrogens (tertiary/aromatic N) is 1. The summed E-state index contributed by atoms with van der Waals surface area (Å²) in [6.07, 6.45) is 0. The van der Waals surface area contributed by atoms with Crippen molar-refractivity contribution in [2.45, 2.75) is 11.5 Å². The van der Waals surface area contributed by atoms with Crippen LogP contribution in [-0.2, 0) is 21.4 Å². The van der Waals surface area contributed by atoms with Crippen LogP contribution in [0.5, 0.6) is 0 Å². The van der Waals surface area contributed by atoms with Gasteiger partial charge in [0.05, 0.1) is 25.4 Å². The number of hydrogen-bond donors (Lipinski definition) is 1. The molecule has 1 saturated heterocycles. The molecule has 1 N–H and O–H groups in total. The smallest absolute Gasteiger partial charge is 0.246 e. The van der Waals surface area contributed by atoms with Gasteiger partial charge in [0.15, 0.2) is 5.82 Å². The molecule has 0 amide bonds. The van der Waals surface area contributed by atoms with Gasteiger partial charge in [-0.15, -0.1) is 0 Å². The molecule has 0 aliphatic carbocycles. The molecule has 1 heterocycles. The summed E-state index contributed by atoms with van der Waals surface area (Å²) in [5.41, 5.74) is -0.644. The third-order valence-corrected chi connectivity index (χ3v) is 4.81. The highest BCUT2D eigenvalue weighted by Crippen LogP contribution is 2.24. The lowest BCUT2D eigenvalue weighted by Crippen LogP contribution is -2.41. The van der Waals surface area contributed by atoms with Gasteiger partial charge in [0.2, 0.25) is 10.0 Å². The van der Waals surface area contributed by atoms with Gasteiger partial charge in [0, 0.05) is 13.1 Å². The molecule has 0 saturated carbocycles. The maximum Gasteiger partial charge on any atom is 0.246 e. The average Bonchev–Trinajstić information content (AvgIpc) is 2.40. The van der Waals surface area contributed by atoms with Crippen molar-refractivity contribution in [3.8, 4) is 0 Å². The second-order valence-electron chi connectivity index (χ2n) is 4.01. The van der Waals surface area contributed by atoms with Crippen molar-refractivity contribution in [1.82, 2.24) is 4.31 Å². The molecule has 0 bridgehead atoms. The number of sulfonamides is 1. The van der Waals surface area contributed by atoms with Crippen LogP contribution in [0.15, 0.2) is 17.0 Å². The van der Waals surface area contributed by atoms with E-state index in [1.54, 1.807) is 0 Å². The molecular weight excluding hydrogens is 280 g/mol. The van der Waals surface area contributed by atoms with E-state index < -0.39 is 38.7 Å². The molecule has 19 heavy (non-hydrogen) atoms. The predicted octanol–water partition coefficient (Wildman–Crippen LogP) is 0.478. The van der Waals surface area contributed by atoms with Gasteiger partial charge in [0.1, 0.15) is 10.7 Å². The third kappa shape index (κ3) is 2.62. The normalized spacial score (nSPS) is 17.6. The molecule has 1 aliphatic rings. The Kier molecular flexibility index (Phi) is 4.14. The lowest BCUT2D eigenvalue weighted by atomic mass is 10.2. The lowest BCUT2D eigenvalue weighted by molar-refractivity contribution is 0.0729. The number of ether oxygens (including phenoxy) is 1. The molecule has 1 aliphatic heterocycles. The fraction of sp³-hybridized carbons (Fsp3) is 0.455. The van der Waals surface area contributed by atoms with Gasteiger partial charge in [-0.05, 0) is 12.1 Å². The molecule has 1 fully saturated rings. The van der Waals surface area contributed by atoms with Crippen molar-refractivity contribution < 1.29 is 27.0 Å². The minimum Gasteiger partial charge on any atom is -0.391 e. The maximum atomic E-state index is 13.9. The number of aliphatic hydroxyl groups is 1. The number of morpholine rings is 1. The number of hydrogen-bond acceptors (Lipinski definition) is 4. The summed E-state index contributed by atoms with van der Waals surface area (Å²) in [6, 6.07) is 1.70. The van der Waals surface area contributed by atoms with Crippen LogP contribution in [-0.4, -0.2) is 44.1 Å². The molecule has 1 aromatic rings. The number of benzene rings is 1. The molecule has 2 rings (SSSR count). The van der Waals surface area contributed by atoms with Crippen LogP contribution < -0.4 is 0 Å². The molecule has 8 heteroatoms. The summed E-state index contributed by atoms with van der Waals surface area (Å²) in [5, 5.41) is 8.89. The summed E-state index contributed by atoms with van der Waals surface area (Å²) in [5.74, 6) is -2.21. The standard InChI is InChI=1S/C11H13F2NO4S/c12-9-1-2-10(11(13)8(9)7-15)19(16,17)14-3-5-18-6-4-14/h1-2,15H,3-7H2. The van der Waals surface area contributed by atoms with E-state index in [0.29, 0.717) is 0 Å². The van der Waals surface area contributed by atoms with E-state index in [0.717, 1.165) is 16.4 Å². The van der Waals surface area contributed by atoms with Gasteiger partial charge < -0.3 is 9.84 Å². The van der Waals surface area contributed by atoms with E-state index in [1.165, 1.54) is 0 Å². The second-order valence-corrected chi connectivity index (χ2v) is 5.92. The molecule has 0 unspecified atom stereocenters. The van der Waals surface area contributed by atoms with Crippen molar-refractivity contribution in [3.05, 3.63) is 29.3 Å². The Bertz CT molecular complexity index is 570. The van der Waals surface area contributed by atoms with Crippen molar-refractivity contribution in [2.75, 3.05) is 26.3 Å². The number of aliphatic hydroxyl groups excluding tert-OH is 1. The molecule has 0 aromatic heterocycles. The largest absolute Gasteiger partial charge is 0.391 e. The summed E-state index contributed by atoms with van der Waals surface area (Å²) >= 11 is 0. The van der Waals surface area contributed by atoms with Crippen LogP contribution in [0.1, 0.15) is 5.56 Å². The van der Waals surface area contributed by atoms with E-state index in [4.69, 9.17) is 9.84 Å². The van der Waals surface area contributed by atoms with Gasteiger partial charge in [-0.1, -0.05) is 0 Å². The van der Waals surface area contributed by atoms with Crippen molar-refractivity contribution in [1.29, 1.82) is 0 Å². The summed E-state index contributed by atoms with van der Waals surface area (Å²) in [6.45, 7) is -0.199. The van der Waals surface area contributed by atoms with E-state index >= 15 is 0 Å². The minimum absolute atomic E-state index is 0.119. The summed E-state index contributed by atoms with van der Waals surface area (Å²) in [4.78, 5) is -0.625. The fourth-order valence-corrected chi connectivity index (χ4v) is 3.34. The average molecular weight is 293 g/mol. The van der Waals surface area contributed by atoms with Crippen LogP contribution in [0.2, 0.25) is 0 Å². The maximum absolute atomic E-state index is 13.9. The van der Waals surface area contributed by atoms with Crippen molar-refractivity contribution in [3.63, 3.8) is 0 Å². The van der Waals surface area contributed by atoms with Gasteiger partial charge >= 0.3 is 0 Å². The second kappa shape index (κ2) is 5.49. The quantitative estimate of drug-likeness (QED) is 0.880. The van der Waals surface area contributed by atoms with Crippen molar-refractivity contribution >= 4 is 10.0 Å². The van der Waals surface area contributed by atoms with Gasteiger partial charge in [0.25, 0.3) is 0 Å². The van der Waals surface area contributed by atoms with E-state index in [9.17, 15) is 17.2 Å². The zero-order chi connectivity index (χ0) is 14.0. The monoisotopic (exact) mass is 293 g/mol. The van der Waals surface area contributed by atoms with Crippen LogP contribution in [0.25, 0.3) is 0 Å². The van der Waals surface area contributed by atoms with Crippen molar-refractivity contribution in [2.24, 2.45) is 0 Å². The Morgan fingerprint density at radius 2 is 1.89 bits per heavy atom. The highest BCUT2D eigenvalue weighted by Gasteiger charge is 2.30. The first-order valence-electron chi connectivity index (χ1n) is 5.64. The first-order chi connectivity index (χ1) is 8.98. The van der Waals surface area contributed by atoms with Gasteiger partial charge in [-0.25, -0.2) is 17.2 Å². The Hall–Kier alpha value is -1.09. The first kappa shape index (κ1) is 14.3. The minimum atomic E-state index is -4.04. The molecule has 0 radical (unpaired) electrons. The highest BCUT2D eigenvalue weighted by atomic mass is 32.2. The van der Waals surface area contributed by atoms with E-state index in [2.05, 4.69) is 0 Å². The zero-order valence-corrected chi connectivity index (χ0v) is 10.8. The number of halogens is 2. The molecule has 106 valence electrons. The van der Waals surface area contributed by atoms with Gasteiger partial charge in [-0.2, -0.15) is 4.31 Å². The van der Waals surface area contributed by atoms with E-state index in [1.807, 2.05) is 0 Å². The van der Waals surface area contributed by atoms with Crippen LogP contribution in [0, 0.1) is 11.6 Å². The Morgan fingerprint density at radius 1 is 1.26 bits per heavy atom. The fourth-order valence-electron chi connectivity index (χ4n) is 1.85. The highest BCUT2D eigenvalue weighted by molar-refractivity contribution is 7.89. The predicted molar refractivity (Wildman–Crippen MR) is 61.9 cm³/mol. The lowest BCUT2D eigenvalue weighted by Gasteiger charge is -2.26. The third-order valence-electron chi connectivity index (χ3n) is 2.90. The topological polar surface area (TPSA) is 66.8 Å². The first-order valence-corrected chi connectivity index (χ1v) is 7.08. The molecule has 5 nitrogen and oxygen atoms in total. The summed E-state index contributed by atoms with van der Waals surface area (Å²) in [7, 11) is -4.04.